The lowest BCUT2D eigenvalue weighted by Crippen LogP contribution is -2.61. The van der Waals surface area contributed by atoms with Gasteiger partial charge in [-0.05, 0) is 262 Å². The van der Waals surface area contributed by atoms with E-state index in [0.717, 1.165) is 125 Å². The largest absolute Gasteiger partial charge is 0.389 e. The molecule has 8 heterocycles. The molecule has 7 saturated carbocycles. The topological polar surface area (TPSA) is 173 Å². The number of benzene rings is 3. The minimum Gasteiger partial charge on any atom is -0.389 e. The molecule has 7 fully saturated rings. The second-order valence-corrected chi connectivity index (χ2v) is 35.2. The molecule has 2 bridgehead atoms. The number of rotatable bonds is 0. The molecular formula is C86H122N8O8. The van der Waals surface area contributed by atoms with Crippen molar-refractivity contribution in [2.24, 2.45) is 64.4 Å². The first-order valence-corrected chi connectivity index (χ1v) is 40.0. The molecule has 3 aromatic rings. The Morgan fingerprint density at radius 1 is 0.304 bits per heavy atom. The van der Waals surface area contributed by atoms with Crippen LogP contribution in [-0.4, -0.2) is 79.3 Å². The highest BCUT2D eigenvalue weighted by molar-refractivity contribution is 5.87. The van der Waals surface area contributed by atoms with E-state index in [4.69, 9.17) is 38.7 Å². The number of hydrogen-bond acceptors (Lipinski definition) is 16. The molecule has 0 saturated heterocycles. The summed E-state index contributed by atoms with van der Waals surface area (Å²) in [5.41, 5.74) is 18.6. The normalized spacial score (nSPS) is 31.2. The van der Waals surface area contributed by atoms with Crippen LogP contribution in [0.25, 0.3) is 0 Å². The number of hydrogen-bond donors (Lipinski definition) is 0. The Morgan fingerprint density at radius 3 is 1.10 bits per heavy atom. The summed E-state index contributed by atoms with van der Waals surface area (Å²) < 4.78 is 0. The van der Waals surface area contributed by atoms with Crippen LogP contribution in [0.5, 0.6) is 0 Å². The number of nitrogens with zero attached hydrogens (tertiary/aromatic N) is 8. The standard InChI is InChI=1S/2C13H15NO.C12H19NO.C12H13NO.C10H17NO.2C9H15NO.C8H13NO/c1-10-9-13(15-14-10)8-4-6-11-5-2-3-7-12(11)13;1-10-8-13(15-14-10)7-6-11-4-2-3-5-12(11)9-13;1-8-7-12(14-13-8)5-4-9-6-10(12)11(9,2)3;1-9-8-12(14-13-9)7-6-10-4-2-3-5-11(10)12;1-8-3-5-10(6-4-8)7-9(2)11-12-10;2*1-8-7-9(11-10-8)5-3-2-4-6-9;1-7-6-8(10-9-7)4-2-3-5-8/h2-3,5,7H,4,6,8-9H2,1H3;2-5H,6-9H2,1H3;9-10H,4-7H2,1-3H3;2-5H,6-8H2,1H3;8H,3-7H2,1-2H3;2*2-7H2,1H3;2-6H2,1H3/t2*13-;9-,10+,12+;12-;;;;/m1101..../s1. The molecule has 16 nitrogen and oxygen atoms in total. The Balaban J connectivity index is 0.000000104. The molecule has 0 unspecified atom stereocenters. The zero-order valence-electron chi connectivity index (χ0n) is 64.2. The van der Waals surface area contributed by atoms with Gasteiger partial charge in [-0.25, -0.2) is 0 Å². The predicted molar refractivity (Wildman–Crippen MR) is 410 cm³/mol. The Kier molecular flexibility index (Phi) is 22.3. The molecule has 18 aliphatic rings. The number of aryl methyl sites for hydroxylation is 3. The summed E-state index contributed by atoms with van der Waals surface area (Å²) in [4.78, 5) is 44.6. The van der Waals surface area contributed by atoms with Crippen molar-refractivity contribution in [2.45, 2.75) is 359 Å². The molecule has 10 aliphatic carbocycles. The minimum absolute atomic E-state index is 0.0154. The van der Waals surface area contributed by atoms with Crippen LogP contribution < -0.4 is 0 Å². The Labute approximate surface area is 610 Å². The summed E-state index contributed by atoms with van der Waals surface area (Å²) in [6, 6.07) is 25.9. The molecular weight excluding hydrogens is 1270 g/mol. The van der Waals surface area contributed by atoms with Gasteiger partial charge in [-0.3, -0.25) is 0 Å². The highest BCUT2D eigenvalue weighted by Gasteiger charge is 2.64. The van der Waals surface area contributed by atoms with Crippen molar-refractivity contribution in [3.05, 3.63) is 106 Å². The van der Waals surface area contributed by atoms with Crippen LogP contribution in [0.3, 0.4) is 0 Å². The van der Waals surface area contributed by atoms with E-state index in [1.165, 1.54) is 210 Å². The molecule has 8 spiro atoms. The van der Waals surface area contributed by atoms with Gasteiger partial charge in [0.05, 0.1) is 45.7 Å². The van der Waals surface area contributed by atoms with Gasteiger partial charge in [-0.1, -0.05) is 148 Å². The van der Waals surface area contributed by atoms with E-state index >= 15 is 0 Å². The quantitative estimate of drug-likeness (QED) is 0.214. The molecule has 102 heavy (non-hydrogen) atoms. The van der Waals surface area contributed by atoms with Crippen molar-refractivity contribution in [3.63, 3.8) is 0 Å². The Bertz CT molecular complexity index is 3650. The molecule has 0 aromatic heterocycles. The zero-order valence-corrected chi connectivity index (χ0v) is 64.2. The third kappa shape index (κ3) is 16.6. The van der Waals surface area contributed by atoms with E-state index in [9.17, 15) is 0 Å². The summed E-state index contributed by atoms with van der Waals surface area (Å²) in [5, 5.41) is 32.6. The summed E-state index contributed by atoms with van der Waals surface area (Å²) >= 11 is 0. The molecule has 3 aromatic carbocycles. The molecule has 8 aliphatic heterocycles. The van der Waals surface area contributed by atoms with E-state index < -0.39 is 0 Å². The van der Waals surface area contributed by atoms with Crippen LogP contribution in [0.2, 0.25) is 0 Å². The van der Waals surface area contributed by atoms with Crippen LogP contribution >= 0.6 is 0 Å². The van der Waals surface area contributed by atoms with Crippen molar-refractivity contribution in [1.82, 2.24) is 0 Å². The van der Waals surface area contributed by atoms with Gasteiger partial charge < -0.3 is 38.7 Å². The molecule has 16 heteroatoms. The minimum atomic E-state index is -0.126. The third-order valence-corrected chi connectivity index (χ3v) is 26.2. The van der Waals surface area contributed by atoms with Gasteiger partial charge in [0.1, 0.15) is 33.6 Å². The van der Waals surface area contributed by atoms with Crippen LogP contribution in [-0.2, 0) is 75.6 Å². The van der Waals surface area contributed by atoms with Crippen LogP contribution in [0.1, 0.15) is 321 Å². The maximum atomic E-state index is 5.77. The summed E-state index contributed by atoms with van der Waals surface area (Å²) in [6.07, 6.45) is 44.2. The average Bonchev–Trinajstić information content (AvgIpc) is 1.30. The highest BCUT2D eigenvalue weighted by atomic mass is 16.7. The van der Waals surface area contributed by atoms with E-state index in [-0.39, 0.29) is 44.8 Å². The van der Waals surface area contributed by atoms with Crippen molar-refractivity contribution < 1.29 is 38.7 Å². The fraction of sp³-hybridized carbons (Fsp3) is 0.698. The second kappa shape index (κ2) is 30.9. The lowest BCUT2D eigenvalue weighted by molar-refractivity contribution is -0.214. The molecule has 0 amide bonds. The summed E-state index contributed by atoms with van der Waals surface area (Å²) in [5.74, 6) is 2.58. The van der Waals surface area contributed by atoms with Crippen LogP contribution in [0.15, 0.2) is 114 Å². The zero-order chi connectivity index (χ0) is 71.3. The first kappa shape index (κ1) is 73.7. The van der Waals surface area contributed by atoms with Gasteiger partial charge in [-0.2, -0.15) is 0 Å². The van der Waals surface area contributed by atoms with Gasteiger partial charge in [0.15, 0.2) is 11.2 Å². The Morgan fingerprint density at radius 2 is 0.676 bits per heavy atom. The Hall–Kier alpha value is -6.58. The molecule has 21 rings (SSSR count). The summed E-state index contributed by atoms with van der Waals surface area (Å²) in [6.45, 7) is 23.6. The van der Waals surface area contributed by atoms with E-state index in [2.05, 4.69) is 169 Å². The van der Waals surface area contributed by atoms with Gasteiger partial charge in [0.25, 0.3) is 0 Å². The first-order valence-electron chi connectivity index (χ1n) is 40.0. The molecule has 554 valence electrons. The number of fused-ring (bicyclic) bond motifs is 6. The van der Waals surface area contributed by atoms with Gasteiger partial charge >= 0.3 is 0 Å². The predicted octanol–water partition coefficient (Wildman–Crippen LogP) is 21.1. The third-order valence-electron chi connectivity index (χ3n) is 26.2. The van der Waals surface area contributed by atoms with E-state index in [1.807, 2.05) is 20.8 Å². The second-order valence-electron chi connectivity index (χ2n) is 35.2. The fourth-order valence-corrected chi connectivity index (χ4v) is 20.7. The van der Waals surface area contributed by atoms with E-state index in [0.29, 0.717) is 5.41 Å². The number of oxime groups is 8. The van der Waals surface area contributed by atoms with Crippen molar-refractivity contribution >= 4 is 45.7 Å². The van der Waals surface area contributed by atoms with Gasteiger partial charge in [-0.15, -0.1) is 0 Å². The first-order chi connectivity index (χ1) is 49.0. The maximum Gasteiger partial charge on any atom is 0.168 e. The van der Waals surface area contributed by atoms with Gasteiger partial charge in [0.2, 0.25) is 0 Å². The van der Waals surface area contributed by atoms with Crippen molar-refractivity contribution in [1.29, 1.82) is 0 Å². The van der Waals surface area contributed by atoms with Crippen molar-refractivity contribution in [2.75, 3.05) is 0 Å². The van der Waals surface area contributed by atoms with Gasteiger partial charge in [0, 0.05) is 74.8 Å². The SMILES string of the molecule is CC1=NOC2(CCC(C)CC2)C1.CC1=NOC2(CCCC2)C1.CC1=NOC2(CCCCC2)C1.CC1=NOC2(CCCCC2)C1.CC1=NO[C@]2(CCCc3ccccc32)C1.CC1=NO[C@]2(CC[C@H]3C[C@@H]2C3(C)C)C1.CC1=NO[C@]2(CCc3ccccc32)C1.CC1=NO[C@]2(CCc3ccccc3C2)C1. The summed E-state index contributed by atoms with van der Waals surface area (Å²) in [7, 11) is 0. The maximum absolute atomic E-state index is 5.77. The lowest BCUT2D eigenvalue weighted by Gasteiger charge is -2.62. The lowest BCUT2D eigenvalue weighted by atomic mass is 9.43. The smallest absolute Gasteiger partial charge is 0.168 e. The highest BCUT2D eigenvalue weighted by Crippen LogP contribution is 2.65. The van der Waals surface area contributed by atoms with Crippen molar-refractivity contribution in [3.8, 4) is 0 Å². The monoisotopic (exact) mass is 1390 g/mol. The molecule has 0 radical (unpaired) electrons. The van der Waals surface area contributed by atoms with Crippen LogP contribution in [0.4, 0.5) is 0 Å². The average molecular weight is 1400 g/mol. The molecule has 0 N–H and O–H groups in total. The molecule has 6 atom stereocenters. The van der Waals surface area contributed by atoms with Crippen LogP contribution in [0, 0.1) is 23.2 Å². The fourth-order valence-electron chi connectivity index (χ4n) is 20.7. The van der Waals surface area contributed by atoms with E-state index in [1.54, 1.807) is 0 Å².